The predicted octanol–water partition coefficient (Wildman–Crippen LogP) is 4.38. The summed E-state index contributed by atoms with van der Waals surface area (Å²) in [5.41, 5.74) is 1.87. The molecule has 0 aliphatic heterocycles. The van der Waals surface area contributed by atoms with E-state index in [2.05, 4.69) is 27.7 Å². The highest BCUT2D eigenvalue weighted by atomic mass is 32.1. The topological polar surface area (TPSA) is 37.3 Å². The third-order valence-corrected chi connectivity index (χ3v) is 3.98. The Morgan fingerprint density at radius 1 is 1.47 bits per heavy atom. The molecule has 0 saturated heterocycles. The molecular weight excluding hydrogens is 232 g/mol. The quantitative estimate of drug-likeness (QED) is 0.807. The number of carboxylic acid groups (broad SMARTS) is 1. The highest BCUT2D eigenvalue weighted by molar-refractivity contribution is 7.10. The number of hydrogen-bond acceptors (Lipinski definition) is 2. The van der Waals surface area contributed by atoms with Crippen LogP contribution in [0, 0.1) is 5.41 Å². The minimum absolute atomic E-state index is 0.262. The Bertz CT molecular complexity index is 391. The highest BCUT2D eigenvalue weighted by Gasteiger charge is 2.29. The number of hydrogen-bond donors (Lipinski definition) is 1. The number of fused-ring (bicyclic) bond motifs is 1. The average molecular weight is 254 g/mol. The molecular formula is C14H22O2S. The summed E-state index contributed by atoms with van der Waals surface area (Å²) >= 11 is 1.60. The van der Waals surface area contributed by atoms with Gasteiger partial charge in [0.2, 0.25) is 0 Å². The van der Waals surface area contributed by atoms with Gasteiger partial charge in [0, 0.05) is 10.3 Å². The van der Waals surface area contributed by atoms with Crippen molar-refractivity contribution in [2.24, 2.45) is 5.41 Å². The first kappa shape index (κ1) is 14.2. The summed E-state index contributed by atoms with van der Waals surface area (Å²) in [6, 6.07) is 0. The van der Waals surface area contributed by atoms with E-state index in [9.17, 15) is 4.79 Å². The van der Waals surface area contributed by atoms with Crippen LogP contribution in [-0.4, -0.2) is 11.1 Å². The van der Waals surface area contributed by atoms with Gasteiger partial charge in [0.15, 0.2) is 0 Å². The first-order chi connectivity index (χ1) is 7.91. The number of carbonyl (C=O) groups is 1. The van der Waals surface area contributed by atoms with Crippen molar-refractivity contribution >= 4 is 17.3 Å². The van der Waals surface area contributed by atoms with Crippen LogP contribution in [0.3, 0.4) is 0 Å². The van der Waals surface area contributed by atoms with Gasteiger partial charge in [-0.25, -0.2) is 4.79 Å². The van der Waals surface area contributed by atoms with Crippen molar-refractivity contribution in [1.82, 2.24) is 0 Å². The molecule has 1 aliphatic rings. The van der Waals surface area contributed by atoms with E-state index in [-0.39, 0.29) is 5.41 Å². The number of carboxylic acids is 1. The van der Waals surface area contributed by atoms with Crippen molar-refractivity contribution < 1.29 is 9.90 Å². The Balaban J connectivity index is 0.000000437. The fourth-order valence-corrected chi connectivity index (χ4v) is 3.07. The molecule has 17 heavy (non-hydrogen) atoms. The molecule has 1 aromatic heterocycles. The largest absolute Gasteiger partial charge is 0.478 e. The Labute approximate surface area is 108 Å². The molecule has 0 radical (unpaired) electrons. The smallest absolute Gasteiger partial charge is 0.336 e. The lowest BCUT2D eigenvalue weighted by atomic mass is 9.76. The van der Waals surface area contributed by atoms with E-state index in [0.29, 0.717) is 5.56 Å². The molecule has 1 heterocycles. The molecule has 2 rings (SSSR count). The molecule has 0 fully saturated rings. The molecule has 2 nitrogen and oxygen atoms in total. The van der Waals surface area contributed by atoms with Crippen LogP contribution in [0.5, 0.6) is 0 Å². The molecule has 96 valence electrons. The molecule has 0 atom stereocenters. The van der Waals surface area contributed by atoms with Crippen LogP contribution < -0.4 is 0 Å². The number of thiophene rings is 1. The number of rotatable bonds is 1. The molecule has 1 aliphatic carbocycles. The lowest BCUT2D eigenvalue weighted by Crippen LogP contribution is -2.22. The molecule has 3 heteroatoms. The van der Waals surface area contributed by atoms with Crippen molar-refractivity contribution in [1.29, 1.82) is 0 Å². The maximum Gasteiger partial charge on any atom is 0.336 e. The minimum atomic E-state index is -0.778. The summed E-state index contributed by atoms with van der Waals surface area (Å²) in [6.45, 7) is 8.67. The second-order valence-electron chi connectivity index (χ2n) is 5.40. The zero-order valence-corrected chi connectivity index (χ0v) is 12.0. The van der Waals surface area contributed by atoms with Crippen LogP contribution in [0.4, 0.5) is 0 Å². The SMILES string of the molecule is CC1(C)CCc2scc(C(=O)O)c2C1.CCC. The first-order valence-corrected chi connectivity index (χ1v) is 7.11. The van der Waals surface area contributed by atoms with E-state index in [1.54, 1.807) is 16.7 Å². The highest BCUT2D eigenvalue weighted by Crippen LogP contribution is 2.39. The van der Waals surface area contributed by atoms with Gasteiger partial charge in [-0.3, -0.25) is 0 Å². The molecule has 0 saturated carbocycles. The molecule has 1 N–H and O–H groups in total. The van der Waals surface area contributed by atoms with Crippen molar-refractivity contribution in [3.8, 4) is 0 Å². The Morgan fingerprint density at radius 3 is 2.59 bits per heavy atom. The zero-order chi connectivity index (χ0) is 13.1. The summed E-state index contributed by atoms with van der Waals surface area (Å²) in [5.74, 6) is -0.778. The molecule has 1 aromatic rings. The van der Waals surface area contributed by atoms with Crippen molar-refractivity contribution in [3.63, 3.8) is 0 Å². The second kappa shape index (κ2) is 5.67. The van der Waals surface area contributed by atoms with Gasteiger partial charge in [-0.15, -0.1) is 11.3 Å². The van der Waals surface area contributed by atoms with Crippen LogP contribution in [0.15, 0.2) is 5.38 Å². The minimum Gasteiger partial charge on any atom is -0.478 e. The van der Waals surface area contributed by atoms with E-state index in [4.69, 9.17) is 5.11 Å². The molecule has 0 aromatic carbocycles. The van der Waals surface area contributed by atoms with Gasteiger partial charge in [0.1, 0.15) is 0 Å². The van der Waals surface area contributed by atoms with Crippen molar-refractivity contribution in [2.45, 2.75) is 53.4 Å². The fourth-order valence-electron chi connectivity index (χ4n) is 2.02. The van der Waals surface area contributed by atoms with Gasteiger partial charge in [-0.2, -0.15) is 0 Å². The van der Waals surface area contributed by atoms with Gasteiger partial charge in [-0.1, -0.05) is 34.1 Å². The van der Waals surface area contributed by atoms with Gasteiger partial charge in [-0.05, 0) is 30.2 Å². The lowest BCUT2D eigenvalue weighted by Gasteiger charge is -2.29. The summed E-state index contributed by atoms with van der Waals surface area (Å²) in [6.07, 6.45) is 4.37. The Kier molecular flexibility index (Phi) is 4.75. The maximum atomic E-state index is 11.0. The molecule has 0 amide bonds. The normalized spacial score (nSPS) is 16.7. The number of aryl methyl sites for hydroxylation is 1. The summed E-state index contributed by atoms with van der Waals surface area (Å²) in [7, 11) is 0. The standard InChI is InChI=1S/C11H14O2S.C3H8/c1-11(2)4-3-9-7(5-11)8(6-14-9)10(12)13;1-3-2/h6H,3-5H2,1-2H3,(H,12,13);3H2,1-2H3. The van der Waals surface area contributed by atoms with E-state index in [1.165, 1.54) is 17.7 Å². The third-order valence-electron chi connectivity index (χ3n) is 2.90. The van der Waals surface area contributed by atoms with E-state index >= 15 is 0 Å². The molecule has 0 bridgehead atoms. The molecule has 0 spiro atoms. The maximum absolute atomic E-state index is 11.0. The van der Waals surface area contributed by atoms with Crippen LogP contribution in [0.1, 0.15) is 61.3 Å². The predicted molar refractivity (Wildman–Crippen MR) is 73.0 cm³/mol. The third kappa shape index (κ3) is 3.56. The summed E-state index contributed by atoms with van der Waals surface area (Å²) in [4.78, 5) is 12.2. The first-order valence-electron chi connectivity index (χ1n) is 6.23. The fraction of sp³-hybridized carbons (Fsp3) is 0.643. The average Bonchev–Trinajstić information content (AvgIpc) is 2.59. The monoisotopic (exact) mass is 254 g/mol. The van der Waals surface area contributed by atoms with Crippen LogP contribution in [0.25, 0.3) is 0 Å². The summed E-state index contributed by atoms with van der Waals surface area (Å²) < 4.78 is 0. The van der Waals surface area contributed by atoms with E-state index < -0.39 is 5.97 Å². The van der Waals surface area contributed by atoms with Crippen LogP contribution in [-0.2, 0) is 12.8 Å². The Hall–Kier alpha value is -0.830. The zero-order valence-electron chi connectivity index (χ0n) is 11.2. The summed E-state index contributed by atoms with van der Waals surface area (Å²) in [5, 5.41) is 10.8. The van der Waals surface area contributed by atoms with Crippen molar-refractivity contribution in [3.05, 3.63) is 21.4 Å². The van der Waals surface area contributed by atoms with Gasteiger partial charge < -0.3 is 5.11 Å². The van der Waals surface area contributed by atoms with Crippen molar-refractivity contribution in [2.75, 3.05) is 0 Å². The Morgan fingerprint density at radius 2 is 2.06 bits per heavy atom. The van der Waals surface area contributed by atoms with E-state index in [1.807, 2.05) is 0 Å². The molecule has 0 unspecified atom stereocenters. The van der Waals surface area contributed by atoms with Gasteiger partial charge >= 0.3 is 5.97 Å². The van der Waals surface area contributed by atoms with Crippen LogP contribution >= 0.6 is 11.3 Å². The van der Waals surface area contributed by atoms with Gasteiger partial charge in [0.25, 0.3) is 0 Å². The van der Waals surface area contributed by atoms with E-state index in [0.717, 1.165) is 18.4 Å². The second-order valence-corrected chi connectivity index (χ2v) is 6.37. The number of aromatic carboxylic acids is 1. The lowest BCUT2D eigenvalue weighted by molar-refractivity contribution is 0.0695. The van der Waals surface area contributed by atoms with Gasteiger partial charge in [0.05, 0.1) is 5.56 Å². The van der Waals surface area contributed by atoms with Crippen LogP contribution in [0.2, 0.25) is 0 Å².